The fraction of sp³-hybridized carbons (Fsp3) is 0.448. The molecule has 0 bridgehead atoms. The lowest BCUT2D eigenvalue weighted by molar-refractivity contribution is -0.140. The molecule has 3 N–H and O–H groups in total. The first-order valence-electron chi connectivity index (χ1n) is 12.9. The molecule has 1 heterocycles. The van der Waals surface area contributed by atoms with Gasteiger partial charge in [0.2, 0.25) is 0 Å². The number of fused-ring (bicyclic) bond motifs is 1. The van der Waals surface area contributed by atoms with Gasteiger partial charge in [-0.05, 0) is 94.1 Å². The van der Waals surface area contributed by atoms with Crippen LogP contribution in [0.25, 0.3) is 10.9 Å². The van der Waals surface area contributed by atoms with Crippen LogP contribution in [-0.4, -0.2) is 57.0 Å². The number of sulfone groups is 1. The summed E-state index contributed by atoms with van der Waals surface area (Å²) in [6.45, 7) is 0.803. The maximum atomic E-state index is 13.6. The number of aromatic nitrogens is 1. The Balaban J connectivity index is 1.64. The molecule has 0 amide bonds. The quantitative estimate of drug-likeness (QED) is 0.413. The predicted octanol–water partition coefficient (Wildman–Crippen LogP) is 5.04. The fourth-order valence-electron chi connectivity index (χ4n) is 5.41. The lowest BCUT2D eigenvalue weighted by Gasteiger charge is -2.40. The van der Waals surface area contributed by atoms with Crippen LogP contribution in [0.4, 0.5) is 18.9 Å². The van der Waals surface area contributed by atoms with E-state index < -0.39 is 28.1 Å². The van der Waals surface area contributed by atoms with Gasteiger partial charge in [0.15, 0.2) is 9.84 Å². The van der Waals surface area contributed by atoms with E-state index in [-0.39, 0.29) is 17.1 Å². The molecule has 0 saturated heterocycles. The number of benzene rings is 2. The molecular formula is C29H35F3N4O2S. The highest BCUT2D eigenvalue weighted by Gasteiger charge is 2.36. The average Bonchev–Trinajstić information content (AvgIpc) is 3.18. The van der Waals surface area contributed by atoms with Crippen molar-refractivity contribution in [2.45, 2.75) is 61.8 Å². The Labute approximate surface area is 228 Å². The molecule has 1 aliphatic carbocycles. The molecule has 210 valence electrons. The number of nitrogens with two attached hydrogens (primary N) is 1. The van der Waals surface area contributed by atoms with Crippen LogP contribution in [0.1, 0.15) is 42.5 Å². The first kappa shape index (κ1) is 29.0. The average molecular weight is 561 g/mol. The van der Waals surface area contributed by atoms with Crippen molar-refractivity contribution in [2.24, 2.45) is 5.73 Å². The van der Waals surface area contributed by atoms with E-state index in [1.807, 2.05) is 6.07 Å². The predicted molar refractivity (Wildman–Crippen MR) is 149 cm³/mol. The maximum Gasteiger partial charge on any atom is 0.406 e. The van der Waals surface area contributed by atoms with Crippen LogP contribution in [-0.2, 0) is 21.9 Å². The molecular weight excluding hydrogens is 525 g/mol. The number of hydrogen-bond donors (Lipinski definition) is 2. The number of nitrogens with one attached hydrogen (secondary N) is 1. The van der Waals surface area contributed by atoms with E-state index in [4.69, 9.17) is 5.73 Å². The summed E-state index contributed by atoms with van der Waals surface area (Å²) in [5, 5.41) is 3.83. The lowest BCUT2D eigenvalue weighted by atomic mass is 9.74. The third-order valence-corrected chi connectivity index (χ3v) is 8.72. The maximum absolute atomic E-state index is 13.6. The number of alkyl halides is 3. The molecule has 39 heavy (non-hydrogen) atoms. The van der Waals surface area contributed by atoms with E-state index in [1.54, 1.807) is 37.3 Å². The fourth-order valence-corrected chi connectivity index (χ4v) is 6.12. The summed E-state index contributed by atoms with van der Waals surface area (Å²) in [5.74, 6) is 5.85. The molecule has 0 radical (unpaired) electrons. The van der Waals surface area contributed by atoms with E-state index in [0.717, 1.165) is 43.1 Å². The highest BCUT2D eigenvalue weighted by Crippen LogP contribution is 2.40. The van der Waals surface area contributed by atoms with Gasteiger partial charge in [-0.1, -0.05) is 18.1 Å². The first-order chi connectivity index (χ1) is 18.2. The number of anilines is 1. The van der Waals surface area contributed by atoms with Gasteiger partial charge < -0.3 is 20.5 Å². The number of halogens is 3. The Hall–Kier alpha value is -3.00. The molecule has 1 aliphatic rings. The Bertz CT molecular complexity index is 1520. The standard InChI is InChI=1S/C29H35F3N4O2S/c1-20-17-23(39(4,37)38)10-11-26(20)34-16-6-7-22-18-24-25(28(33)14-12-21(13-15-28)35(2)3)8-5-9-27(24)36(22)19-29(30,31)32/h5,8-11,17-18,21,34H,12-16,19,33H2,1-4H3. The minimum atomic E-state index is -4.42. The summed E-state index contributed by atoms with van der Waals surface area (Å²) < 4.78 is 65.5. The molecule has 0 unspecified atom stereocenters. The van der Waals surface area contributed by atoms with Crippen molar-refractivity contribution in [3.8, 4) is 11.8 Å². The molecule has 1 saturated carbocycles. The van der Waals surface area contributed by atoms with Crippen LogP contribution >= 0.6 is 0 Å². The van der Waals surface area contributed by atoms with Gasteiger partial charge in [-0.3, -0.25) is 0 Å². The van der Waals surface area contributed by atoms with E-state index >= 15 is 0 Å². The van der Waals surface area contributed by atoms with Gasteiger partial charge in [-0.15, -0.1) is 0 Å². The van der Waals surface area contributed by atoms with Crippen molar-refractivity contribution < 1.29 is 21.6 Å². The zero-order valence-electron chi connectivity index (χ0n) is 22.7. The van der Waals surface area contributed by atoms with Gasteiger partial charge in [0.25, 0.3) is 0 Å². The number of aryl methyl sites for hydroxylation is 1. The van der Waals surface area contributed by atoms with E-state index in [1.165, 1.54) is 10.6 Å². The first-order valence-corrected chi connectivity index (χ1v) is 14.8. The van der Waals surface area contributed by atoms with E-state index in [9.17, 15) is 21.6 Å². The van der Waals surface area contributed by atoms with Gasteiger partial charge >= 0.3 is 6.18 Å². The minimum Gasteiger partial charge on any atom is -0.374 e. The Kier molecular flexibility index (Phi) is 8.08. The highest BCUT2D eigenvalue weighted by atomic mass is 32.2. The third-order valence-electron chi connectivity index (χ3n) is 7.61. The van der Waals surface area contributed by atoms with Crippen LogP contribution < -0.4 is 11.1 Å². The van der Waals surface area contributed by atoms with E-state index in [2.05, 4.69) is 36.2 Å². The van der Waals surface area contributed by atoms with Gasteiger partial charge in [0, 0.05) is 34.4 Å². The zero-order chi connectivity index (χ0) is 28.6. The number of rotatable bonds is 6. The smallest absolute Gasteiger partial charge is 0.374 e. The molecule has 0 spiro atoms. The summed E-state index contributed by atoms with van der Waals surface area (Å²) in [7, 11) is 0.787. The number of hydrogen-bond acceptors (Lipinski definition) is 5. The second-order valence-electron chi connectivity index (χ2n) is 10.7. The second-order valence-corrected chi connectivity index (χ2v) is 12.7. The second kappa shape index (κ2) is 10.9. The highest BCUT2D eigenvalue weighted by molar-refractivity contribution is 7.90. The summed E-state index contributed by atoms with van der Waals surface area (Å²) in [6.07, 6.45) is 0.0775. The molecule has 4 rings (SSSR count). The van der Waals surface area contributed by atoms with Gasteiger partial charge in [-0.2, -0.15) is 13.2 Å². The van der Waals surface area contributed by atoms with E-state index in [0.29, 0.717) is 22.6 Å². The molecule has 10 heteroatoms. The normalized spacial score (nSPS) is 20.2. The molecule has 1 aromatic heterocycles. The molecule has 2 aromatic carbocycles. The number of nitrogens with zero attached hydrogens (tertiary/aromatic N) is 2. The van der Waals surface area contributed by atoms with Crippen molar-refractivity contribution in [2.75, 3.05) is 32.2 Å². The summed E-state index contributed by atoms with van der Waals surface area (Å²) in [4.78, 5) is 2.42. The van der Waals surface area contributed by atoms with Crippen LogP contribution in [0.2, 0.25) is 0 Å². The van der Waals surface area contributed by atoms with Crippen molar-refractivity contribution in [1.29, 1.82) is 0 Å². The van der Waals surface area contributed by atoms with Crippen molar-refractivity contribution in [1.82, 2.24) is 9.47 Å². The van der Waals surface area contributed by atoms with Crippen LogP contribution in [0.3, 0.4) is 0 Å². The molecule has 6 nitrogen and oxygen atoms in total. The van der Waals surface area contributed by atoms with Gasteiger partial charge in [0.1, 0.15) is 6.54 Å². The Morgan fingerprint density at radius 3 is 2.44 bits per heavy atom. The largest absolute Gasteiger partial charge is 0.406 e. The van der Waals surface area contributed by atoms with Crippen LogP contribution in [0.15, 0.2) is 47.4 Å². The minimum absolute atomic E-state index is 0.173. The van der Waals surface area contributed by atoms with Gasteiger partial charge in [0.05, 0.1) is 17.1 Å². The van der Waals surface area contributed by atoms with Crippen LogP contribution in [0, 0.1) is 18.8 Å². The molecule has 0 atom stereocenters. The Morgan fingerprint density at radius 2 is 1.85 bits per heavy atom. The van der Waals surface area contributed by atoms with Crippen molar-refractivity contribution in [3.05, 3.63) is 59.3 Å². The van der Waals surface area contributed by atoms with Crippen molar-refractivity contribution in [3.63, 3.8) is 0 Å². The monoisotopic (exact) mass is 560 g/mol. The van der Waals surface area contributed by atoms with Crippen molar-refractivity contribution >= 4 is 26.4 Å². The Morgan fingerprint density at radius 1 is 1.15 bits per heavy atom. The molecule has 3 aromatic rings. The molecule has 0 aliphatic heterocycles. The lowest BCUT2D eigenvalue weighted by Crippen LogP contribution is -2.44. The van der Waals surface area contributed by atoms with Gasteiger partial charge in [-0.25, -0.2) is 8.42 Å². The van der Waals surface area contributed by atoms with Crippen LogP contribution in [0.5, 0.6) is 0 Å². The zero-order valence-corrected chi connectivity index (χ0v) is 23.5. The summed E-state index contributed by atoms with van der Waals surface area (Å²) in [5.41, 5.74) is 9.32. The third kappa shape index (κ3) is 6.60. The molecule has 1 fully saturated rings. The summed E-state index contributed by atoms with van der Waals surface area (Å²) in [6, 6.07) is 12.3. The topological polar surface area (TPSA) is 80.4 Å². The summed E-state index contributed by atoms with van der Waals surface area (Å²) >= 11 is 0. The SMILES string of the molecule is Cc1cc(S(C)(=O)=O)ccc1NCC#Cc1cc2c(C3(N)CCC(N(C)C)CC3)cccc2n1CC(F)(F)F.